The molecule has 0 spiro atoms. The molecule has 0 saturated carbocycles. The van der Waals surface area contributed by atoms with Crippen LogP contribution in [0.5, 0.6) is 0 Å². The van der Waals surface area contributed by atoms with Crippen LogP contribution >= 0.6 is 11.3 Å². The Hall–Kier alpha value is -0.970. The van der Waals surface area contributed by atoms with Gasteiger partial charge in [-0.2, -0.15) is 0 Å². The van der Waals surface area contributed by atoms with E-state index < -0.39 is 0 Å². The summed E-state index contributed by atoms with van der Waals surface area (Å²) in [6, 6.07) is 5.27. The summed E-state index contributed by atoms with van der Waals surface area (Å²) in [5, 5.41) is 4.12. The van der Waals surface area contributed by atoms with Crippen LogP contribution < -0.4 is 5.32 Å². The smallest absolute Gasteiger partial charge is 0.132 e. The van der Waals surface area contributed by atoms with Crippen molar-refractivity contribution in [3.63, 3.8) is 0 Å². The minimum Gasteiger partial charge on any atom is -0.374 e. The molecule has 1 heterocycles. The molecule has 2 aromatic rings. The highest BCUT2D eigenvalue weighted by molar-refractivity contribution is 7.19. The van der Waals surface area contributed by atoms with Gasteiger partial charge in [-0.15, -0.1) is 11.3 Å². The maximum Gasteiger partial charge on any atom is 0.132 e. The summed E-state index contributed by atoms with van der Waals surface area (Å²) in [5.41, 5.74) is 1.00. The van der Waals surface area contributed by atoms with Gasteiger partial charge in [0.1, 0.15) is 5.82 Å². The van der Waals surface area contributed by atoms with Crippen molar-refractivity contribution >= 4 is 21.4 Å². The van der Waals surface area contributed by atoms with E-state index in [1.807, 2.05) is 19.9 Å². The first-order valence-corrected chi connectivity index (χ1v) is 7.96. The summed E-state index contributed by atoms with van der Waals surface area (Å²) in [6.07, 6.45) is 1.24. The molecule has 0 radical (unpaired) electrons. The molecule has 0 atom stereocenters. The Bertz CT molecular complexity index is 565. The minimum atomic E-state index is -0.150. The third-order valence-corrected chi connectivity index (χ3v) is 4.32. The first-order chi connectivity index (χ1) is 9.63. The third-order valence-electron chi connectivity index (χ3n) is 3.12. The van der Waals surface area contributed by atoms with E-state index in [0.29, 0.717) is 6.61 Å². The maximum atomic E-state index is 14.1. The lowest BCUT2D eigenvalue weighted by Crippen LogP contribution is -2.14. The zero-order chi connectivity index (χ0) is 14.5. The molecule has 0 aliphatic heterocycles. The molecule has 0 unspecified atom stereocenters. The van der Waals surface area contributed by atoms with Crippen LogP contribution in [-0.2, 0) is 17.9 Å². The van der Waals surface area contributed by atoms with Gasteiger partial charge < -0.3 is 10.1 Å². The van der Waals surface area contributed by atoms with Gasteiger partial charge in [0.05, 0.1) is 12.7 Å². The second-order valence-electron chi connectivity index (χ2n) is 5.15. The number of halogens is 1. The minimum absolute atomic E-state index is 0.146. The quantitative estimate of drug-likeness (QED) is 0.761. The topological polar surface area (TPSA) is 21.3 Å². The van der Waals surface area contributed by atoms with Crippen LogP contribution in [0.4, 0.5) is 4.39 Å². The predicted molar refractivity (Wildman–Crippen MR) is 83.7 cm³/mol. The highest BCUT2D eigenvalue weighted by atomic mass is 32.1. The molecule has 0 aliphatic rings. The van der Waals surface area contributed by atoms with Gasteiger partial charge in [-0.25, -0.2) is 4.39 Å². The van der Waals surface area contributed by atoms with Gasteiger partial charge >= 0.3 is 0 Å². The SMILES string of the molecule is CCCNCc1sc2cccc(F)c2c1COC(C)C. The molecular weight excluding hydrogens is 273 g/mol. The van der Waals surface area contributed by atoms with Crippen molar-refractivity contribution in [2.75, 3.05) is 6.54 Å². The van der Waals surface area contributed by atoms with Crippen LogP contribution in [-0.4, -0.2) is 12.6 Å². The highest BCUT2D eigenvalue weighted by Crippen LogP contribution is 2.34. The monoisotopic (exact) mass is 295 g/mol. The fourth-order valence-corrected chi connectivity index (χ4v) is 3.33. The van der Waals surface area contributed by atoms with Gasteiger partial charge in [-0.1, -0.05) is 13.0 Å². The van der Waals surface area contributed by atoms with Crippen molar-refractivity contribution < 1.29 is 9.13 Å². The van der Waals surface area contributed by atoms with E-state index in [4.69, 9.17) is 4.74 Å². The largest absolute Gasteiger partial charge is 0.374 e. The summed E-state index contributed by atoms with van der Waals surface area (Å²) in [6.45, 7) is 8.37. The molecule has 0 amide bonds. The van der Waals surface area contributed by atoms with E-state index in [9.17, 15) is 4.39 Å². The first-order valence-electron chi connectivity index (χ1n) is 7.14. The second-order valence-corrected chi connectivity index (χ2v) is 6.29. The Morgan fingerprint density at radius 1 is 1.35 bits per heavy atom. The Labute approximate surface area is 124 Å². The van der Waals surface area contributed by atoms with Gasteiger partial charge in [0.2, 0.25) is 0 Å². The molecule has 4 heteroatoms. The fraction of sp³-hybridized carbons (Fsp3) is 0.500. The van der Waals surface area contributed by atoms with E-state index in [1.54, 1.807) is 17.4 Å². The lowest BCUT2D eigenvalue weighted by atomic mass is 10.1. The van der Waals surface area contributed by atoms with Crippen LogP contribution in [0.2, 0.25) is 0 Å². The standard InChI is InChI=1S/C16H22FNOS/c1-4-8-18-9-15-12(10-19-11(2)3)16-13(17)6-5-7-14(16)20-15/h5-7,11,18H,4,8-10H2,1-3H3. The highest BCUT2D eigenvalue weighted by Gasteiger charge is 2.15. The predicted octanol–water partition coefficient (Wildman–Crippen LogP) is 4.47. The molecule has 0 fully saturated rings. The average molecular weight is 295 g/mol. The lowest BCUT2D eigenvalue weighted by molar-refractivity contribution is 0.0661. The van der Waals surface area contributed by atoms with Crippen molar-refractivity contribution in [1.29, 1.82) is 0 Å². The van der Waals surface area contributed by atoms with Gasteiger partial charge in [-0.05, 0) is 38.9 Å². The van der Waals surface area contributed by atoms with Crippen molar-refractivity contribution in [2.45, 2.75) is 46.4 Å². The molecule has 0 aliphatic carbocycles. The number of rotatable bonds is 7. The van der Waals surface area contributed by atoms with Gasteiger partial charge in [0, 0.05) is 27.1 Å². The van der Waals surface area contributed by atoms with Crippen molar-refractivity contribution in [3.8, 4) is 0 Å². The van der Waals surface area contributed by atoms with E-state index in [2.05, 4.69) is 12.2 Å². The number of hydrogen-bond acceptors (Lipinski definition) is 3. The molecule has 0 bridgehead atoms. The third kappa shape index (κ3) is 3.57. The average Bonchev–Trinajstić information content (AvgIpc) is 2.76. The Morgan fingerprint density at radius 3 is 2.85 bits per heavy atom. The lowest BCUT2D eigenvalue weighted by Gasteiger charge is -2.10. The molecule has 20 heavy (non-hydrogen) atoms. The summed E-state index contributed by atoms with van der Waals surface area (Å²) >= 11 is 1.66. The number of thiophene rings is 1. The number of benzene rings is 1. The molecular formula is C16H22FNOS. The van der Waals surface area contributed by atoms with E-state index in [0.717, 1.165) is 35.2 Å². The zero-order valence-electron chi connectivity index (χ0n) is 12.3. The number of ether oxygens (including phenoxy) is 1. The summed E-state index contributed by atoms with van der Waals surface area (Å²) < 4.78 is 20.8. The molecule has 2 nitrogen and oxygen atoms in total. The van der Waals surface area contributed by atoms with E-state index >= 15 is 0 Å². The van der Waals surface area contributed by atoms with E-state index in [1.165, 1.54) is 10.9 Å². The summed E-state index contributed by atoms with van der Waals surface area (Å²) in [4.78, 5) is 1.18. The van der Waals surface area contributed by atoms with Crippen LogP contribution in [0.1, 0.15) is 37.6 Å². The molecule has 110 valence electrons. The summed E-state index contributed by atoms with van der Waals surface area (Å²) in [7, 11) is 0. The number of nitrogens with one attached hydrogen (secondary N) is 1. The van der Waals surface area contributed by atoms with E-state index in [-0.39, 0.29) is 11.9 Å². The molecule has 1 aromatic heterocycles. The van der Waals surface area contributed by atoms with Crippen LogP contribution in [0, 0.1) is 5.82 Å². The molecule has 0 saturated heterocycles. The van der Waals surface area contributed by atoms with Crippen molar-refractivity contribution in [2.24, 2.45) is 0 Å². The van der Waals surface area contributed by atoms with Gasteiger partial charge in [0.15, 0.2) is 0 Å². The second kappa shape index (κ2) is 7.16. The van der Waals surface area contributed by atoms with Gasteiger partial charge in [-0.3, -0.25) is 0 Å². The number of hydrogen-bond donors (Lipinski definition) is 1. The molecule has 1 N–H and O–H groups in total. The normalized spacial score (nSPS) is 11.7. The Kier molecular flexibility index (Phi) is 5.52. The first kappa shape index (κ1) is 15.4. The van der Waals surface area contributed by atoms with Crippen molar-refractivity contribution in [3.05, 3.63) is 34.5 Å². The maximum absolute atomic E-state index is 14.1. The number of fused-ring (bicyclic) bond motifs is 1. The molecule has 1 aromatic carbocycles. The summed E-state index contributed by atoms with van der Waals surface area (Å²) in [5.74, 6) is -0.150. The van der Waals surface area contributed by atoms with Crippen LogP contribution in [0.15, 0.2) is 18.2 Å². The van der Waals surface area contributed by atoms with Crippen LogP contribution in [0.3, 0.4) is 0 Å². The van der Waals surface area contributed by atoms with Crippen LogP contribution in [0.25, 0.3) is 10.1 Å². The fourth-order valence-electron chi connectivity index (χ4n) is 2.14. The Morgan fingerprint density at radius 2 is 2.15 bits per heavy atom. The molecule has 2 rings (SSSR count). The zero-order valence-corrected chi connectivity index (χ0v) is 13.1. The van der Waals surface area contributed by atoms with Crippen molar-refractivity contribution in [1.82, 2.24) is 5.32 Å². The van der Waals surface area contributed by atoms with Gasteiger partial charge in [0.25, 0.3) is 0 Å². The Balaban J connectivity index is 2.33.